The number of halogens is 2. The molecule has 1 N–H and O–H groups in total. The van der Waals surface area contributed by atoms with Crippen LogP contribution in [0.1, 0.15) is 12.0 Å². The third kappa shape index (κ3) is 2.38. The maximum atomic E-state index is 11.6. The van der Waals surface area contributed by atoms with E-state index in [-0.39, 0.29) is 0 Å². The molecule has 0 aliphatic heterocycles. The van der Waals surface area contributed by atoms with E-state index in [0.717, 1.165) is 14.5 Å². The molecule has 4 heteroatoms. The molecule has 1 aliphatic carbocycles. The summed E-state index contributed by atoms with van der Waals surface area (Å²) in [4.78, 5) is 11.6. The first kappa shape index (κ1) is 12.6. The Balaban J connectivity index is 2.54. The van der Waals surface area contributed by atoms with Gasteiger partial charge in [-0.05, 0) is 22.2 Å². The number of rotatable bonds is 2. The Kier molecular flexibility index (Phi) is 3.54. The lowest BCUT2D eigenvalue weighted by atomic mass is 9.75. The average molecular weight is 358 g/mol. The second-order valence-electron chi connectivity index (χ2n) is 3.94. The molecule has 2 rings (SSSR count). The summed E-state index contributed by atoms with van der Waals surface area (Å²) < 4.78 is 1.78. The molecule has 0 spiro atoms. The van der Waals surface area contributed by atoms with Crippen LogP contribution in [0.2, 0.25) is 0 Å². The highest BCUT2D eigenvalue weighted by Crippen LogP contribution is 2.38. The second kappa shape index (κ2) is 4.78. The van der Waals surface area contributed by atoms with Crippen molar-refractivity contribution in [2.45, 2.75) is 11.8 Å². The second-order valence-corrected chi connectivity index (χ2v) is 5.87. The highest BCUT2D eigenvalue weighted by molar-refractivity contribution is 9.11. The number of hydrogen-bond acceptors (Lipinski definition) is 1. The maximum Gasteiger partial charge on any atom is 0.318 e. The van der Waals surface area contributed by atoms with Crippen LogP contribution in [0.15, 0.2) is 51.4 Å². The quantitative estimate of drug-likeness (QED) is 0.868. The van der Waals surface area contributed by atoms with Gasteiger partial charge in [0, 0.05) is 10.9 Å². The molecule has 1 atom stereocenters. The third-order valence-electron chi connectivity index (χ3n) is 2.83. The number of carboxylic acids is 1. The minimum atomic E-state index is -0.975. The topological polar surface area (TPSA) is 37.3 Å². The zero-order valence-electron chi connectivity index (χ0n) is 8.86. The Morgan fingerprint density at radius 2 is 2.12 bits per heavy atom. The van der Waals surface area contributed by atoms with Gasteiger partial charge in [-0.15, -0.1) is 0 Å². The van der Waals surface area contributed by atoms with Gasteiger partial charge in [-0.25, -0.2) is 0 Å². The zero-order chi connectivity index (χ0) is 12.5. The first-order valence-electron chi connectivity index (χ1n) is 5.08. The van der Waals surface area contributed by atoms with Crippen LogP contribution in [0.5, 0.6) is 0 Å². The number of aliphatic carboxylic acids is 1. The Bertz CT molecular complexity index is 520. The van der Waals surface area contributed by atoms with Gasteiger partial charge < -0.3 is 5.11 Å². The fourth-order valence-corrected chi connectivity index (χ4v) is 2.93. The van der Waals surface area contributed by atoms with Crippen molar-refractivity contribution in [2.75, 3.05) is 0 Å². The van der Waals surface area contributed by atoms with E-state index in [4.69, 9.17) is 0 Å². The van der Waals surface area contributed by atoms with Crippen molar-refractivity contribution in [1.29, 1.82) is 0 Å². The van der Waals surface area contributed by atoms with Gasteiger partial charge in [-0.3, -0.25) is 4.79 Å². The van der Waals surface area contributed by atoms with Gasteiger partial charge >= 0.3 is 5.97 Å². The third-order valence-corrected chi connectivity index (χ3v) is 3.86. The van der Waals surface area contributed by atoms with E-state index in [9.17, 15) is 9.90 Å². The Morgan fingerprint density at radius 3 is 2.71 bits per heavy atom. The van der Waals surface area contributed by atoms with Gasteiger partial charge in [-0.2, -0.15) is 0 Å². The molecule has 0 bridgehead atoms. The van der Waals surface area contributed by atoms with Crippen LogP contribution in [-0.2, 0) is 10.2 Å². The standard InChI is InChI=1S/C13H10Br2O2/c14-10-4-1-3-9(7-10)13(12(16)17)6-2-5-11(15)8-13/h1-7H,8H2,(H,16,17). The van der Waals surface area contributed by atoms with Gasteiger partial charge in [0.05, 0.1) is 0 Å². The van der Waals surface area contributed by atoms with Crippen molar-refractivity contribution in [3.8, 4) is 0 Å². The molecule has 88 valence electrons. The van der Waals surface area contributed by atoms with E-state index < -0.39 is 11.4 Å². The first-order chi connectivity index (χ1) is 8.04. The van der Waals surface area contributed by atoms with Crippen LogP contribution in [0.4, 0.5) is 0 Å². The summed E-state index contributed by atoms with van der Waals surface area (Å²) in [5, 5.41) is 9.54. The summed E-state index contributed by atoms with van der Waals surface area (Å²) in [5.41, 5.74) is -0.196. The van der Waals surface area contributed by atoms with Gasteiger partial charge in [0.15, 0.2) is 0 Å². The van der Waals surface area contributed by atoms with E-state index in [1.165, 1.54) is 0 Å². The van der Waals surface area contributed by atoms with E-state index in [0.29, 0.717) is 6.42 Å². The summed E-state index contributed by atoms with van der Waals surface area (Å²) in [6.07, 6.45) is 5.83. The zero-order valence-corrected chi connectivity index (χ0v) is 12.0. The summed E-state index contributed by atoms with van der Waals surface area (Å²) in [5.74, 6) is -0.836. The monoisotopic (exact) mass is 356 g/mol. The van der Waals surface area contributed by atoms with Crippen molar-refractivity contribution in [1.82, 2.24) is 0 Å². The van der Waals surface area contributed by atoms with Crippen molar-refractivity contribution >= 4 is 37.8 Å². The number of carbonyl (C=O) groups is 1. The highest BCUT2D eigenvalue weighted by Gasteiger charge is 2.39. The number of hydrogen-bond donors (Lipinski definition) is 1. The van der Waals surface area contributed by atoms with Crippen LogP contribution >= 0.6 is 31.9 Å². The van der Waals surface area contributed by atoms with Crippen LogP contribution in [0.3, 0.4) is 0 Å². The van der Waals surface area contributed by atoms with Crippen molar-refractivity contribution in [3.63, 3.8) is 0 Å². The van der Waals surface area contributed by atoms with Gasteiger partial charge in [0.2, 0.25) is 0 Å². The molecule has 0 saturated heterocycles. The number of allylic oxidation sites excluding steroid dienone is 3. The Hall–Kier alpha value is -0.870. The Morgan fingerprint density at radius 1 is 1.35 bits per heavy atom. The lowest BCUT2D eigenvalue weighted by Crippen LogP contribution is -2.34. The molecule has 0 heterocycles. The largest absolute Gasteiger partial charge is 0.480 e. The molecule has 0 radical (unpaired) electrons. The molecule has 17 heavy (non-hydrogen) atoms. The predicted molar refractivity (Wildman–Crippen MR) is 74.2 cm³/mol. The first-order valence-corrected chi connectivity index (χ1v) is 6.66. The molecule has 0 saturated carbocycles. The van der Waals surface area contributed by atoms with E-state index in [1.807, 2.05) is 30.3 Å². The molecular weight excluding hydrogens is 348 g/mol. The Labute approximate surface area is 116 Å². The SMILES string of the molecule is O=C(O)C1(c2cccc(Br)c2)C=CC=C(Br)C1. The van der Waals surface area contributed by atoms with Crippen LogP contribution in [0, 0.1) is 0 Å². The molecule has 1 aromatic carbocycles. The molecule has 0 fully saturated rings. The number of carboxylic acid groups (broad SMARTS) is 1. The van der Waals surface area contributed by atoms with Crippen LogP contribution in [0.25, 0.3) is 0 Å². The summed E-state index contributed by atoms with van der Waals surface area (Å²) in [7, 11) is 0. The predicted octanol–water partition coefficient (Wildman–Crippen LogP) is 4.01. The van der Waals surface area contributed by atoms with E-state index in [1.54, 1.807) is 12.2 Å². The van der Waals surface area contributed by atoms with Crippen molar-refractivity contribution < 1.29 is 9.90 Å². The lowest BCUT2D eigenvalue weighted by Gasteiger charge is -2.28. The van der Waals surface area contributed by atoms with Crippen molar-refractivity contribution in [2.24, 2.45) is 0 Å². The molecule has 0 amide bonds. The molecule has 1 aromatic rings. The van der Waals surface area contributed by atoms with Gasteiger partial charge in [-0.1, -0.05) is 62.2 Å². The van der Waals surface area contributed by atoms with E-state index in [2.05, 4.69) is 31.9 Å². The summed E-state index contributed by atoms with van der Waals surface area (Å²) >= 11 is 6.76. The van der Waals surface area contributed by atoms with Crippen molar-refractivity contribution in [3.05, 3.63) is 57.0 Å². The average Bonchev–Trinajstić information content (AvgIpc) is 2.28. The summed E-state index contributed by atoms with van der Waals surface area (Å²) in [6, 6.07) is 7.43. The smallest absolute Gasteiger partial charge is 0.318 e. The number of benzene rings is 1. The molecule has 2 nitrogen and oxygen atoms in total. The minimum absolute atomic E-state index is 0.440. The molecule has 0 aromatic heterocycles. The van der Waals surface area contributed by atoms with Crippen LogP contribution in [-0.4, -0.2) is 11.1 Å². The van der Waals surface area contributed by atoms with Gasteiger partial charge in [0.1, 0.15) is 5.41 Å². The fraction of sp³-hybridized carbons (Fsp3) is 0.154. The lowest BCUT2D eigenvalue weighted by molar-refractivity contribution is -0.141. The van der Waals surface area contributed by atoms with E-state index >= 15 is 0 Å². The molecular formula is C13H10Br2O2. The summed E-state index contributed by atoms with van der Waals surface area (Å²) in [6.45, 7) is 0. The fourth-order valence-electron chi connectivity index (χ4n) is 1.94. The minimum Gasteiger partial charge on any atom is -0.480 e. The highest BCUT2D eigenvalue weighted by atomic mass is 79.9. The normalized spacial score (nSPS) is 23.3. The maximum absolute atomic E-state index is 11.6. The van der Waals surface area contributed by atoms with Gasteiger partial charge in [0.25, 0.3) is 0 Å². The molecule has 1 unspecified atom stereocenters. The molecule has 1 aliphatic rings. The van der Waals surface area contributed by atoms with Crippen LogP contribution < -0.4 is 0 Å².